The van der Waals surface area contributed by atoms with Gasteiger partial charge in [-0.2, -0.15) is 4.31 Å². The first kappa shape index (κ1) is 21.0. The van der Waals surface area contributed by atoms with Gasteiger partial charge in [0.05, 0.1) is 4.90 Å². The summed E-state index contributed by atoms with van der Waals surface area (Å²) in [5, 5.41) is 0.360. The van der Waals surface area contributed by atoms with E-state index < -0.39 is 27.8 Å². The van der Waals surface area contributed by atoms with Crippen LogP contribution in [0.15, 0.2) is 83.8 Å². The molecule has 0 aliphatic carbocycles. The molecule has 150 valence electrons. The number of carbonyl (C=O) groups is 1. The number of primary amides is 1. The molecule has 0 aliphatic rings. The molecule has 5 nitrogen and oxygen atoms in total. The molecular formula is C21H18ClFN2O3S. The highest BCUT2D eigenvalue weighted by Crippen LogP contribution is 2.30. The second kappa shape index (κ2) is 8.73. The van der Waals surface area contributed by atoms with Gasteiger partial charge in [-0.25, -0.2) is 12.8 Å². The SMILES string of the molecule is NC(=O)C(c1ccccc1)N(Cc1ccccc1F)S(=O)(=O)c1ccc(Cl)cc1. The van der Waals surface area contributed by atoms with E-state index in [0.717, 1.165) is 4.31 Å². The van der Waals surface area contributed by atoms with Crippen molar-refractivity contribution in [2.75, 3.05) is 0 Å². The number of sulfonamides is 1. The van der Waals surface area contributed by atoms with Crippen molar-refractivity contribution in [1.82, 2.24) is 4.31 Å². The van der Waals surface area contributed by atoms with Gasteiger partial charge in [0.15, 0.2) is 0 Å². The van der Waals surface area contributed by atoms with Crippen molar-refractivity contribution in [1.29, 1.82) is 0 Å². The minimum Gasteiger partial charge on any atom is -0.368 e. The van der Waals surface area contributed by atoms with Crippen molar-refractivity contribution in [3.05, 3.63) is 101 Å². The summed E-state index contributed by atoms with van der Waals surface area (Å²) in [5.74, 6) is -1.45. The first-order chi connectivity index (χ1) is 13.8. The topological polar surface area (TPSA) is 80.5 Å². The summed E-state index contributed by atoms with van der Waals surface area (Å²) in [6.07, 6.45) is 0. The van der Waals surface area contributed by atoms with Crippen LogP contribution < -0.4 is 5.73 Å². The van der Waals surface area contributed by atoms with Gasteiger partial charge in [-0.05, 0) is 35.9 Å². The summed E-state index contributed by atoms with van der Waals surface area (Å²) in [4.78, 5) is 12.3. The summed E-state index contributed by atoms with van der Waals surface area (Å²) >= 11 is 5.87. The van der Waals surface area contributed by atoms with Crippen LogP contribution in [-0.4, -0.2) is 18.6 Å². The van der Waals surface area contributed by atoms with Crippen molar-refractivity contribution in [2.24, 2.45) is 5.73 Å². The summed E-state index contributed by atoms with van der Waals surface area (Å²) in [7, 11) is -4.22. The quantitative estimate of drug-likeness (QED) is 0.614. The Hall–Kier alpha value is -2.74. The molecule has 8 heteroatoms. The Balaban J connectivity index is 2.16. The van der Waals surface area contributed by atoms with Gasteiger partial charge in [0.2, 0.25) is 15.9 Å². The second-order valence-corrected chi connectivity index (χ2v) is 8.64. The molecule has 1 atom stereocenters. The van der Waals surface area contributed by atoms with Crippen LogP contribution in [0.3, 0.4) is 0 Å². The molecule has 0 spiro atoms. The Labute approximate surface area is 173 Å². The molecule has 0 saturated heterocycles. The maximum atomic E-state index is 14.3. The third-order valence-corrected chi connectivity index (χ3v) is 6.45. The average molecular weight is 433 g/mol. The first-order valence-corrected chi connectivity index (χ1v) is 10.5. The number of rotatable bonds is 7. The summed E-state index contributed by atoms with van der Waals surface area (Å²) in [6.45, 7) is -0.375. The van der Waals surface area contributed by atoms with Crippen LogP contribution in [0.4, 0.5) is 4.39 Å². The second-order valence-electron chi connectivity index (χ2n) is 6.31. The zero-order valence-corrected chi connectivity index (χ0v) is 16.8. The molecular weight excluding hydrogens is 415 g/mol. The largest absolute Gasteiger partial charge is 0.368 e. The molecule has 0 saturated carbocycles. The van der Waals surface area contributed by atoms with E-state index in [2.05, 4.69) is 0 Å². The third kappa shape index (κ3) is 4.64. The van der Waals surface area contributed by atoms with Crippen LogP contribution >= 0.6 is 11.6 Å². The van der Waals surface area contributed by atoms with Crippen LogP contribution in [-0.2, 0) is 21.4 Å². The zero-order valence-electron chi connectivity index (χ0n) is 15.2. The molecule has 3 aromatic carbocycles. The van der Waals surface area contributed by atoms with E-state index in [-0.39, 0.29) is 17.0 Å². The third-order valence-electron chi connectivity index (χ3n) is 4.38. The number of hydrogen-bond acceptors (Lipinski definition) is 3. The maximum Gasteiger partial charge on any atom is 0.244 e. The van der Waals surface area contributed by atoms with Gasteiger partial charge in [0.25, 0.3) is 0 Å². The normalized spacial score (nSPS) is 12.7. The Morgan fingerprint density at radius 2 is 1.55 bits per heavy atom. The van der Waals surface area contributed by atoms with Crippen molar-refractivity contribution in [3.63, 3.8) is 0 Å². The lowest BCUT2D eigenvalue weighted by Crippen LogP contribution is -2.41. The summed E-state index contributed by atoms with van der Waals surface area (Å²) < 4.78 is 42.1. The summed E-state index contributed by atoms with van der Waals surface area (Å²) in [6, 6.07) is 18.2. The predicted octanol–water partition coefficient (Wildman–Crippen LogP) is 3.90. The van der Waals surface area contributed by atoms with E-state index in [1.54, 1.807) is 36.4 Å². The van der Waals surface area contributed by atoms with E-state index in [4.69, 9.17) is 17.3 Å². The van der Waals surface area contributed by atoms with Crippen molar-refractivity contribution in [3.8, 4) is 0 Å². The Morgan fingerprint density at radius 3 is 2.14 bits per heavy atom. The predicted molar refractivity (Wildman–Crippen MR) is 109 cm³/mol. The number of nitrogens with two attached hydrogens (primary N) is 1. The Morgan fingerprint density at radius 1 is 0.966 bits per heavy atom. The van der Waals surface area contributed by atoms with Crippen LogP contribution in [0.5, 0.6) is 0 Å². The van der Waals surface area contributed by atoms with E-state index in [1.807, 2.05) is 0 Å². The highest BCUT2D eigenvalue weighted by atomic mass is 35.5. The number of nitrogens with zero attached hydrogens (tertiary/aromatic N) is 1. The smallest absolute Gasteiger partial charge is 0.244 e. The lowest BCUT2D eigenvalue weighted by atomic mass is 10.1. The van der Waals surface area contributed by atoms with Gasteiger partial charge >= 0.3 is 0 Å². The zero-order chi connectivity index (χ0) is 21.0. The minimum absolute atomic E-state index is 0.0829. The first-order valence-electron chi connectivity index (χ1n) is 8.66. The van der Waals surface area contributed by atoms with Gasteiger partial charge < -0.3 is 5.73 Å². The van der Waals surface area contributed by atoms with Crippen molar-refractivity contribution < 1.29 is 17.6 Å². The van der Waals surface area contributed by atoms with E-state index in [1.165, 1.54) is 42.5 Å². The Kier molecular flexibility index (Phi) is 6.32. The van der Waals surface area contributed by atoms with E-state index in [9.17, 15) is 17.6 Å². The Bertz CT molecular complexity index is 1110. The molecule has 0 heterocycles. The molecule has 2 N–H and O–H groups in total. The monoisotopic (exact) mass is 432 g/mol. The molecule has 0 aliphatic heterocycles. The molecule has 3 rings (SSSR count). The number of hydrogen-bond donors (Lipinski definition) is 1. The molecule has 29 heavy (non-hydrogen) atoms. The fourth-order valence-electron chi connectivity index (χ4n) is 2.96. The van der Waals surface area contributed by atoms with Gasteiger partial charge in [-0.1, -0.05) is 60.1 Å². The highest BCUT2D eigenvalue weighted by molar-refractivity contribution is 7.89. The van der Waals surface area contributed by atoms with Gasteiger partial charge in [-0.15, -0.1) is 0 Å². The highest BCUT2D eigenvalue weighted by Gasteiger charge is 2.36. The molecule has 0 fully saturated rings. The standard InChI is InChI=1S/C21H18ClFN2O3S/c22-17-10-12-18(13-11-17)29(27,28)25(14-16-8-4-5-9-19(16)23)20(21(24)26)15-6-2-1-3-7-15/h1-13,20H,14H2,(H2,24,26). The number of benzene rings is 3. The molecule has 0 radical (unpaired) electrons. The number of carbonyl (C=O) groups excluding carboxylic acids is 1. The van der Waals surface area contributed by atoms with Gasteiger partial charge in [0, 0.05) is 17.1 Å². The fourth-order valence-corrected chi connectivity index (χ4v) is 4.65. The van der Waals surface area contributed by atoms with E-state index in [0.29, 0.717) is 10.6 Å². The van der Waals surface area contributed by atoms with Gasteiger partial charge in [-0.3, -0.25) is 4.79 Å². The fraction of sp³-hybridized carbons (Fsp3) is 0.0952. The lowest BCUT2D eigenvalue weighted by Gasteiger charge is -2.29. The lowest BCUT2D eigenvalue weighted by molar-refractivity contribution is -0.122. The van der Waals surface area contributed by atoms with Crippen LogP contribution in [0, 0.1) is 5.82 Å². The van der Waals surface area contributed by atoms with Crippen LogP contribution in [0.2, 0.25) is 5.02 Å². The van der Waals surface area contributed by atoms with Crippen molar-refractivity contribution in [2.45, 2.75) is 17.5 Å². The average Bonchev–Trinajstić information content (AvgIpc) is 2.70. The number of amides is 1. The van der Waals surface area contributed by atoms with Crippen LogP contribution in [0.1, 0.15) is 17.2 Å². The number of halogens is 2. The molecule has 0 bridgehead atoms. The van der Waals surface area contributed by atoms with Crippen molar-refractivity contribution >= 4 is 27.5 Å². The minimum atomic E-state index is -4.22. The van der Waals surface area contributed by atoms with Gasteiger partial charge in [0.1, 0.15) is 11.9 Å². The molecule has 1 unspecified atom stereocenters. The summed E-state index contributed by atoms with van der Waals surface area (Å²) in [5.41, 5.74) is 6.10. The maximum absolute atomic E-state index is 14.3. The molecule has 1 amide bonds. The van der Waals surface area contributed by atoms with Crippen LogP contribution in [0.25, 0.3) is 0 Å². The molecule has 0 aromatic heterocycles. The van der Waals surface area contributed by atoms with E-state index >= 15 is 0 Å². The molecule has 3 aromatic rings.